The molecule has 0 aliphatic heterocycles. The van der Waals surface area contributed by atoms with Gasteiger partial charge in [-0.2, -0.15) is 18.2 Å². The summed E-state index contributed by atoms with van der Waals surface area (Å²) in [4.78, 5) is 23.8. The van der Waals surface area contributed by atoms with E-state index in [0.717, 1.165) is 18.5 Å². The zero-order chi connectivity index (χ0) is 19.4. The number of pyridine rings is 2. The molecule has 0 aliphatic carbocycles. The number of hydrogen-bond donors (Lipinski definition) is 2. The average Bonchev–Trinajstić information content (AvgIpc) is 3.08. The molecule has 0 fully saturated rings. The Morgan fingerprint density at radius 2 is 2.04 bits per heavy atom. The minimum atomic E-state index is -4.67. The largest absolute Gasteiger partial charge is 0.417 e. The Bertz CT molecular complexity index is 940. The van der Waals surface area contributed by atoms with E-state index in [-0.39, 0.29) is 24.7 Å². The van der Waals surface area contributed by atoms with Crippen molar-refractivity contribution >= 4 is 11.6 Å². The molecule has 0 saturated heterocycles. The number of nitrogen functional groups attached to an aromatic ring is 1. The highest BCUT2D eigenvalue weighted by Gasteiger charge is 2.35. The van der Waals surface area contributed by atoms with Crippen LogP contribution in [-0.4, -0.2) is 26.0 Å². The molecule has 0 radical (unpaired) electrons. The van der Waals surface area contributed by atoms with Crippen LogP contribution in [0.4, 0.5) is 18.9 Å². The van der Waals surface area contributed by atoms with Crippen molar-refractivity contribution in [3.05, 3.63) is 65.3 Å². The van der Waals surface area contributed by atoms with E-state index in [1.807, 2.05) is 0 Å². The van der Waals surface area contributed by atoms with Crippen molar-refractivity contribution in [1.82, 2.24) is 25.4 Å². The van der Waals surface area contributed by atoms with E-state index in [1.165, 1.54) is 6.20 Å². The molecule has 3 aromatic heterocycles. The van der Waals surface area contributed by atoms with Gasteiger partial charge in [-0.05, 0) is 18.2 Å². The maximum atomic E-state index is 12.9. The van der Waals surface area contributed by atoms with Crippen LogP contribution in [0.15, 0.2) is 41.3 Å². The number of nitrogens with zero attached hydrogens (tertiary/aromatic N) is 4. The van der Waals surface area contributed by atoms with Gasteiger partial charge in [-0.3, -0.25) is 14.8 Å². The van der Waals surface area contributed by atoms with Gasteiger partial charge in [0.2, 0.25) is 5.89 Å². The van der Waals surface area contributed by atoms with E-state index in [2.05, 4.69) is 25.4 Å². The number of carbonyl (C=O) groups is 1. The molecule has 0 unspecified atom stereocenters. The van der Waals surface area contributed by atoms with E-state index in [1.54, 1.807) is 12.1 Å². The molecule has 11 heteroatoms. The van der Waals surface area contributed by atoms with E-state index >= 15 is 0 Å². The summed E-state index contributed by atoms with van der Waals surface area (Å²) in [5, 5.41) is 5.99. The maximum absolute atomic E-state index is 12.9. The normalized spacial score (nSPS) is 11.4. The van der Waals surface area contributed by atoms with Crippen molar-refractivity contribution in [2.45, 2.75) is 19.1 Å². The van der Waals surface area contributed by atoms with Gasteiger partial charge in [-0.25, -0.2) is 0 Å². The molecule has 0 saturated carbocycles. The Labute approximate surface area is 150 Å². The average molecular weight is 378 g/mol. The van der Waals surface area contributed by atoms with Gasteiger partial charge in [0.1, 0.15) is 0 Å². The number of rotatable bonds is 5. The zero-order valence-electron chi connectivity index (χ0n) is 13.7. The molecule has 3 heterocycles. The Kier molecular flexibility index (Phi) is 5.01. The second-order valence-corrected chi connectivity index (χ2v) is 5.47. The molecule has 140 valence electrons. The number of hydrogen-bond acceptors (Lipinski definition) is 7. The van der Waals surface area contributed by atoms with Crippen molar-refractivity contribution < 1.29 is 22.5 Å². The summed E-state index contributed by atoms with van der Waals surface area (Å²) in [6, 6.07) is 4.11. The molecule has 0 spiro atoms. The lowest BCUT2D eigenvalue weighted by atomic mass is 10.1. The van der Waals surface area contributed by atoms with Gasteiger partial charge in [0.05, 0.1) is 36.0 Å². The number of nitrogens with one attached hydrogen (secondary N) is 1. The fourth-order valence-corrected chi connectivity index (χ4v) is 2.21. The minimum Gasteiger partial charge on any atom is -0.397 e. The number of anilines is 1. The van der Waals surface area contributed by atoms with Crippen molar-refractivity contribution in [2.75, 3.05) is 5.73 Å². The van der Waals surface area contributed by atoms with Crippen LogP contribution >= 0.6 is 0 Å². The number of carbonyl (C=O) groups excluding carboxylic acids is 1. The SMILES string of the molecule is Nc1ccc(Cc2nc(CNC(=O)c3cnccc3C(F)(F)F)no2)nc1. The van der Waals surface area contributed by atoms with Crippen molar-refractivity contribution in [3.8, 4) is 0 Å². The van der Waals surface area contributed by atoms with Gasteiger partial charge < -0.3 is 15.6 Å². The number of aromatic nitrogens is 4. The number of amides is 1. The highest BCUT2D eigenvalue weighted by molar-refractivity contribution is 5.95. The van der Waals surface area contributed by atoms with E-state index in [4.69, 9.17) is 10.3 Å². The summed E-state index contributed by atoms with van der Waals surface area (Å²) in [6.07, 6.45) is -1.11. The molecule has 3 N–H and O–H groups in total. The molecule has 8 nitrogen and oxygen atoms in total. The van der Waals surface area contributed by atoms with Gasteiger partial charge >= 0.3 is 6.18 Å². The number of alkyl halides is 3. The third-order valence-corrected chi connectivity index (χ3v) is 3.47. The monoisotopic (exact) mass is 378 g/mol. The van der Waals surface area contributed by atoms with Crippen LogP contribution in [0.5, 0.6) is 0 Å². The summed E-state index contributed by atoms with van der Waals surface area (Å²) >= 11 is 0. The van der Waals surface area contributed by atoms with Crippen molar-refractivity contribution in [3.63, 3.8) is 0 Å². The fourth-order valence-electron chi connectivity index (χ4n) is 2.21. The first-order valence-electron chi connectivity index (χ1n) is 7.64. The molecule has 3 rings (SSSR count). The molecule has 0 aromatic carbocycles. The van der Waals surface area contributed by atoms with Crippen LogP contribution in [0.25, 0.3) is 0 Å². The van der Waals surface area contributed by atoms with E-state index in [9.17, 15) is 18.0 Å². The van der Waals surface area contributed by atoms with Gasteiger partial charge in [-0.1, -0.05) is 5.16 Å². The lowest BCUT2D eigenvalue weighted by molar-refractivity contribution is -0.138. The van der Waals surface area contributed by atoms with Gasteiger partial charge in [0, 0.05) is 18.1 Å². The summed E-state index contributed by atoms with van der Waals surface area (Å²) in [5.74, 6) is -0.581. The first-order chi connectivity index (χ1) is 12.8. The zero-order valence-corrected chi connectivity index (χ0v) is 13.7. The molecule has 0 bridgehead atoms. The van der Waals surface area contributed by atoms with Crippen molar-refractivity contribution in [1.29, 1.82) is 0 Å². The second kappa shape index (κ2) is 7.40. The smallest absolute Gasteiger partial charge is 0.397 e. The van der Waals surface area contributed by atoms with Crippen molar-refractivity contribution in [2.24, 2.45) is 0 Å². The quantitative estimate of drug-likeness (QED) is 0.696. The van der Waals surface area contributed by atoms with Gasteiger partial charge in [0.15, 0.2) is 5.82 Å². The Balaban J connectivity index is 1.63. The first kappa shape index (κ1) is 18.3. The molecule has 3 aromatic rings. The number of halogens is 3. The minimum absolute atomic E-state index is 0.117. The van der Waals surface area contributed by atoms with Crippen LogP contribution in [-0.2, 0) is 19.1 Å². The molecule has 27 heavy (non-hydrogen) atoms. The summed E-state index contributed by atoms with van der Waals surface area (Å²) < 4.78 is 43.9. The second-order valence-electron chi connectivity index (χ2n) is 5.47. The predicted molar refractivity (Wildman–Crippen MR) is 86.2 cm³/mol. The van der Waals surface area contributed by atoms with E-state index in [0.29, 0.717) is 11.4 Å². The molecular weight excluding hydrogens is 365 g/mol. The third-order valence-electron chi connectivity index (χ3n) is 3.47. The van der Waals surface area contributed by atoms with Crippen LogP contribution in [0.1, 0.15) is 33.3 Å². The highest BCUT2D eigenvalue weighted by atomic mass is 19.4. The summed E-state index contributed by atoms with van der Waals surface area (Å²) in [6.45, 7) is -0.205. The molecule has 0 atom stereocenters. The van der Waals surface area contributed by atoms with Crippen LogP contribution in [0, 0.1) is 0 Å². The maximum Gasteiger partial charge on any atom is 0.417 e. The lowest BCUT2D eigenvalue weighted by Crippen LogP contribution is -2.26. The Morgan fingerprint density at radius 1 is 1.22 bits per heavy atom. The molecule has 0 aliphatic rings. The van der Waals surface area contributed by atoms with Crippen LogP contribution < -0.4 is 11.1 Å². The fraction of sp³-hybridized carbons (Fsp3) is 0.188. The van der Waals surface area contributed by atoms with Gasteiger partial charge in [0.25, 0.3) is 5.91 Å². The summed E-state index contributed by atoms with van der Waals surface area (Å²) in [7, 11) is 0. The Hall–Kier alpha value is -3.50. The van der Waals surface area contributed by atoms with Crippen LogP contribution in [0.2, 0.25) is 0 Å². The first-order valence-corrected chi connectivity index (χ1v) is 7.64. The summed E-state index contributed by atoms with van der Waals surface area (Å²) in [5.41, 5.74) is 5.06. The van der Waals surface area contributed by atoms with Crippen LogP contribution in [0.3, 0.4) is 0 Å². The molecule has 1 amide bonds. The lowest BCUT2D eigenvalue weighted by Gasteiger charge is -2.11. The highest BCUT2D eigenvalue weighted by Crippen LogP contribution is 2.31. The predicted octanol–water partition coefficient (Wildman–Crippen LogP) is 1.98. The van der Waals surface area contributed by atoms with Gasteiger partial charge in [-0.15, -0.1) is 0 Å². The molecular formula is C16H13F3N6O2. The standard InChI is InChI=1S/C16H13F3N6O2/c17-16(18,19)12-3-4-21-7-11(12)15(26)23-8-13-24-14(27-25-13)5-10-2-1-9(20)6-22-10/h1-4,6-7H,5,8,20H2,(H,23,26). The topological polar surface area (TPSA) is 120 Å². The van der Waals surface area contributed by atoms with E-state index < -0.39 is 23.2 Å². The third kappa shape index (κ3) is 4.57. The Morgan fingerprint density at radius 3 is 2.74 bits per heavy atom. The number of nitrogens with two attached hydrogens (primary N) is 1.